The number of thiazole rings is 1. The van der Waals surface area contributed by atoms with Crippen molar-refractivity contribution in [1.82, 2.24) is 10.3 Å². The second kappa shape index (κ2) is 8.82. The van der Waals surface area contributed by atoms with Crippen molar-refractivity contribution in [2.24, 2.45) is 0 Å². The minimum atomic E-state index is 0.0338. The number of nitrogens with zero attached hydrogens (tertiary/aromatic N) is 2. The Morgan fingerprint density at radius 1 is 1.11 bits per heavy atom. The molecule has 0 saturated carbocycles. The Kier molecular flexibility index (Phi) is 6.24. The predicted molar refractivity (Wildman–Crippen MR) is 112 cm³/mol. The second-order valence-corrected chi connectivity index (χ2v) is 7.65. The van der Waals surface area contributed by atoms with E-state index >= 15 is 0 Å². The maximum absolute atomic E-state index is 12.7. The molecule has 2 aromatic carbocycles. The summed E-state index contributed by atoms with van der Waals surface area (Å²) in [5, 5.41) is 5.96. The topological polar surface area (TPSA) is 45.2 Å². The van der Waals surface area contributed by atoms with E-state index in [0.29, 0.717) is 13.0 Å². The molecule has 0 radical (unpaired) electrons. The summed E-state index contributed by atoms with van der Waals surface area (Å²) in [5.41, 5.74) is 4.45. The van der Waals surface area contributed by atoms with Gasteiger partial charge in [-0.2, -0.15) is 0 Å². The third kappa shape index (κ3) is 4.95. The predicted octanol–water partition coefficient (Wildman–Crippen LogP) is 4.36. The zero-order valence-corrected chi connectivity index (χ0v) is 16.8. The number of hydrogen-bond acceptors (Lipinski definition) is 4. The van der Waals surface area contributed by atoms with E-state index in [1.165, 1.54) is 11.1 Å². The van der Waals surface area contributed by atoms with Gasteiger partial charge in [0.25, 0.3) is 0 Å². The van der Waals surface area contributed by atoms with Crippen molar-refractivity contribution in [3.63, 3.8) is 0 Å². The van der Waals surface area contributed by atoms with Gasteiger partial charge >= 0.3 is 0 Å². The van der Waals surface area contributed by atoms with E-state index in [-0.39, 0.29) is 11.8 Å². The number of hydrogen-bond donors (Lipinski definition) is 1. The maximum atomic E-state index is 12.7. The average molecular weight is 380 g/mol. The lowest BCUT2D eigenvalue weighted by molar-refractivity contribution is -0.121. The Morgan fingerprint density at radius 3 is 2.48 bits per heavy atom. The molecule has 1 aromatic heterocycles. The fourth-order valence-corrected chi connectivity index (χ4v) is 3.86. The summed E-state index contributed by atoms with van der Waals surface area (Å²) in [7, 11) is 3.93. The number of nitrogens with one attached hydrogen (secondary N) is 1. The summed E-state index contributed by atoms with van der Waals surface area (Å²) in [6, 6.07) is 18.5. The largest absolute Gasteiger partial charge is 0.354 e. The first-order valence-corrected chi connectivity index (χ1v) is 9.91. The molecule has 0 bridgehead atoms. The average Bonchev–Trinajstić information content (AvgIpc) is 3.15. The lowest BCUT2D eigenvalue weighted by Gasteiger charge is -2.19. The van der Waals surface area contributed by atoms with Gasteiger partial charge in [0.1, 0.15) is 0 Å². The first-order chi connectivity index (χ1) is 13.0. The van der Waals surface area contributed by atoms with Crippen molar-refractivity contribution in [3.8, 4) is 0 Å². The Labute approximate surface area is 164 Å². The summed E-state index contributed by atoms with van der Waals surface area (Å²) < 4.78 is 0. The third-order valence-electron chi connectivity index (χ3n) is 4.54. The lowest BCUT2D eigenvalue weighted by Crippen LogP contribution is -2.25. The van der Waals surface area contributed by atoms with Crippen LogP contribution in [0.25, 0.3) is 0 Å². The van der Waals surface area contributed by atoms with Gasteiger partial charge in [-0.25, -0.2) is 4.98 Å². The molecule has 1 amide bonds. The van der Waals surface area contributed by atoms with Crippen molar-refractivity contribution in [2.75, 3.05) is 19.0 Å². The number of aromatic nitrogens is 1. The summed E-state index contributed by atoms with van der Waals surface area (Å²) in [6.45, 7) is 2.56. The zero-order chi connectivity index (χ0) is 19.2. The molecule has 1 atom stereocenters. The van der Waals surface area contributed by atoms with E-state index in [4.69, 9.17) is 0 Å². The van der Waals surface area contributed by atoms with E-state index < -0.39 is 0 Å². The molecule has 3 aromatic rings. The molecule has 0 spiro atoms. The molecule has 0 aliphatic rings. The molecule has 3 rings (SSSR count). The normalized spacial score (nSPS) is 11.8. The quantitative estimate of drug-likeness (QED) is 0.663. The van der Waals surface area contributed by atoms with Gasteiger partial charge in [-0.15, -0.1) is 11.3 Å². The summed E-state index contributed by atoms with van der Waals surface area (Å²) in [5.74, 6) is 0.0756. The minimum absolute atomic E-state index is 0.0338. The van der Waals surface area contributed by atoms with Crippen molar-refractivity contribution in [1.29, 1.82) is 0 Å². The van der Waals surface area contributed by atoms with Crippen LogP contribution in [-0.2, 0) is 11.3 Å². The van der Waals surface area contributed by atoms with Crippen LogP contribution in [-0.4, -0.2) is 25.0 Å². The molecule has 1 heterocycles. The number of amides is 1. The maximum Gasteiger partial charge on any atom is 0.221 e. The zero-order valence-electron chi connectivity index (χ0n) is 16.0. The molecular formula is C22H25N3OS. The van der Waals surface area contributed by atoms with Gasteiger partial charge in [0, 0.05) is 31.8 Å². The van der Waals surface area contributed by atoms with Gasteiger partial charge in [-0.3, -0.25) is 4.79 Å². The lowest BCUT2D eigenvalue weighted by atomic mass is 9.86. The van der Waals surface area contributed by atoms with Crippen LogP contribution in [0.15, 0.2) is 60.0 Å². The molecule has 0 fully saturated rings. The highest BCUT2D eigenvalue weighted by atomic mass is 32.1. The van der Waals surface area contributed by atoms with Crippen LogP contribution in [0.5, 0.6) is 0 Å². The third-order valence-corrected chi connectivity index (χ3v) is 5.60. The second-order valence-electron chi connectivity index (χ2n) is 6.82. The number of anilines is 1. The summed E-state index contributed by atoms with van der Waals surface area (Å²) in [6.07, 6.45) is 0.416. The van der Waals surface area contributed by atoms with E-state index in [1.54, 1.807) is 11.3 Å². The molecular weight excluding hydrogens is 354 g/mol. The smallest absolute Gasteiger partial charge is 0.221 e. The monoisotopic (exact) mass is 379 g/mol. The summed E-state index contributed by atoms with van der Waals surface area (Å²) >= 11 is 1.58. The van der Waals surface area contributed by atoms with Crippen molar-refractivity contribution < 1.29 is 4.79 Å². The first-order valence-electron chi connectivity index (χ1n) is 9.03. The van der Waals surface area contributed by atoms with Crippen LogP contribution in [0.4, 0.5) is 5.13 Å². The van der Waals surface area contributed by atoms with Crippen molar-refractivity contribution in [3.05, 3.63) is 82.4 Å². The van der Waals surface area contributed by atoms with Crippen LogP contribution in [0.2, 0.25) is 0 Å². The SMILES string of the molecule is Cc1ccccc1[C@H](CC(=O)NCc1csc(N(C)C)n1)c1ccccc1. The van der Waals surface area contributed by atoms with Crippen LogP contribution in [0.3, 0.4) is 0 Å². The Balaban J connectivity index is 1.72. The Bertz CT molecular complexity index is 889. The van der Waals surface area contributed by atoms with Crippen molar-refractivity contribution in [2.45, 2.75) is 25.8 Å². The van der Waals surface area contributed by atoms with Gasteiger partial charge < -0.3 is 10.2 Å². The highest BCUT2D eigenvalue weighted by Crippen LogP contribution is 2.30. The number of benzene rings is 2. The van der Waals surface area contributed by atoms with E-state index in [9.17, 15) is 4.79 Å². The molecule has 0 unspecified atom stereocenters. The molecule has 5 heteroatoms. The van der Waals surface area contributed by atoms with Crippen LogP contribution in [0.1, 0.15) is 34.7 Å². The van der Waals surface area contributed by atoms with Gasteiger partial charge in [0.2, 0.25) is 5.91 Å². The van der Waals surface area contributed by atoms with Crippen LogP contribution >= 0.6 is 11.3 Å². The van der Waals surface area contributed by atoms with Gasteiger partial charge in [-0.1, -0.05) is 54.6 Å². The number of rotatable bonds is 7. The first kappa shape index (κ1) is 19.1. The Morgan fingerprint density at radius 2 is 1.81 bits per heavy atom. The number of carbonyl (C=O) groups excluding carboxylic acids is 1. The molecule has 27 heavy (non-hydrogen) atoms. The highest BCUT2D eigenvalue weighted by molar-refractivity contribution is 7.13. The van der Waals surface area contributed by atoms with E-state index in [2.05, 4.69) is 41.5 Å². The molecule has 0 aliphatic heterocycles. The molecule has 4 nitrogen and oxygen atoms in total. The van der Waals surface area contributed by atoms with Crippen LogP contribution < -0.4 is 10.2 Å². The standard InChI is InChI=1S/C22H25N3OS/c1-16-9-7-8-12-19(16)20(17-10-5-4-6-11-17)13-21(26)23-14-18-15-27-22(24-18)25(2)3/h4-12,15,20H,13-14H2,1-3H3,(H,23,26)/t20-/m1/s1. The van der Waals surface area contributed by atoms with E-state index in [0.717, 1.165) is 16.4 Å². The molecule has 0 aliphatic carbocycles. The molecule has 0 saturated heterocycles. The molecule has 1 N–H and O–H groups in total. The van der Waals surface area contributed by atoms with E-state index in [1.807, 2.05) is 54.7 Å². The van der Waals surface area contributed by atoms with Gasteiger partial charge in [-0.05, 0) is 23.6 Å². The number of aryl methyl sites for hydroxylation is 1. The molecule has 140 valence electrons. The summed E-state index contributed by atoms with van der Waals surface area (Å²) in [4.78, 5) is 19.2. The highest BCUT2D eigenvalue weighted by Gasteiger charge is 2.19. The van der Waals surface area contributed by atoms with Crippen molar-refractivity contribution >= 4 is 22.4 Å². The fraction of sp³-hybridized carbons (Fsp3) is 0.273. The fourth-order valence-electron chi connectivity index (χ4n) is 3.10. The van der Waals surface area contributed by atoms with Gasteiger partial charge in [0.15, 0.2) is 5.13 Å². The van der Waals surface area contributed by atoms with Gasteiger partial charge in [0.05, 0.1) is 12.2 Å². The number of carbonyl (C=O) groups is 1. The Hall–Kier alpha value is -2.66. The van der Waals surface area contributed by atoms with Crippen LogP contribution in [0, 0.1) is 6.92 Å². The minimum Gasteiger partial charge on any atom is -0.354 e.